The molecular weight excluding hydrogens is 392 g/mol. The number of hydrogen-bond donors (Lipinski definition) is 1. The molecule has 28 heavy (non-hydrogen) atoms. The maximum Gasteiger partial charge on any atom is 0.240 e. The van der Waals surface area contributed by atoms with Gasteiger partial charge in [0.1, 0.15) is 22.7 Å². The van der Waals surface area contributed by atoms with E-state index in [1.807, 2.05) is 30.3 Å². The van der Waals surface area contributed by atoms with Crippen molar-refractivity contribution in [1.82, 2.24) is 5.32 Å². The van der Waals surface area contributed by atoms with Crippen LogP contribution >= 0.6 is 23.4 Å². The van der Waals surface area contributed by atoms with Crippen molar-refractivity contribution in [3.63, 3.8) is 0 Å². The summed E-state index contributed by atoms with van der Waals surface area (Å²) in [5, 5.41) is 23.2. The minimum Gasteiger partial charge on any atom is -0.312 e. The van der Waals surface area contributed by atoms with Crippen LogP contribution in [-0.4, -0.2) is 17.6 Å². The first-order chi connectivity index (χ1) is 13.6. The van der Waals surface area contributed by atoms with Gasteiger partial charge in [-0.1, -0.05) is 49.6 Å². The number of nitrogens with zero attached hydrogens (tertiary/aromatic N) is 3. The van der Waals surface area contributed by atoms with Crippen LogP contribution in [0.1, 0.15) is 37.7 Å². The largest absolute Gasteiger partial charge is 0.312 e. The van der Waals surface area contributed by atoms with E-state index in [0.717, 1.165) is 37.7 Å². The molecule has 1 aromatic rings. The number of aliphatic imine (C=N–C) groups is 1. The second-order valence-electron chi connectivity index (χ2n) is 7.02. The lowest BCUT2D eigenvalue weighted by Gasteiger charge is -2.43. The molecule has 0 aromatic heterocycles. The van der Waals surface area contributed by atoms with E-state index < -0.39 is 11.3 Å². The maximum absolute atomic E-state index is 11.9. The molecule has 5 nitrogen and oxygen atoms in total. The van der Waals surface area contributed by atoms with Crippen LogP contribution in [0.4, 0.5) is 0 Å². The Balaban J connectivity index is 2.02. The number of nitriles is 2. The molecule has 7 heteroatoms. The minimum atomic E-state index is -0.643. The van der Waals surface area contributed by atoms with E-state index in [1.54, 1.807) is 0 Å². The number of hydrogen-bond acceptors (Lipinski definition) is 5. The molecule has 1 saturated carbocycles. The van der Waals surface area contributed by atoms with Gasteiger partial charge in [-0.25, -0.2) is 4.99 Å². The number of amides is 1. The first-order valence-corrected chi connectivity index (χ1v) is 10.8. The Morgan fingerprint density at radius 1 is 1.25 bits per heavy atom. The summed E-state index contributed by atoms with van der Waals surface area (Å²) in [5.74, 6) is -0.250. The molecule has 1 heterocycles. The molecule has 3 rings (SSSR count). The van der Waals surface area contributed by atoms with Crippen molar-refractivity contribution in [3.8, 4) is 12.1 Å². The van der Waals surface area contributed by atoms with E-state index in [1.165, 1.54) is 11.8 Å². The van der Waals surface area contributed by atoms with Gasteiger partial charge in [0.05, 0.1) is 17.7 Å². The standard InChI is InChI=1S/C21H21ClN4OS/c22-11-18(27)25-19-16(12-23)21(9-5-2-6-10-21)17(13-24)20(26-19)28-14-15-7-3-1-4-8-15/h1,3-4,7-8,16H,2,5-6,9-11,14H2,(H,25,26,27). The molecule has 1 atom stereocenters. The van der Waals surface area contributed by atoms with Crippen molar-refractivity contribution in [3.05, 3.63) is 46.5 Å². The summed E-state index contributed by atoms with van der Waals surface area (Å²) in [7, 11) is 0. The first kappa shape index (κ1) is 20.5. The summed E-state index contributed by atoms with van der Waals surface area (Å²) in [5.41, 5.74) is 1.12. The lowest BCUT2D eigenvalue weighted by Crippen LogP contribution is -2.48. The van der Waals surface area contributed by atoms with Crippen molar-refractivity contribution in [2.75, 3.05) is 5.88 Å². The third-order valence-electron chi connectivity index (χ3n) is 5.35. The van der Waals surface area contributed by atoms with Gasteiger partial charge in [-0.2, -0.15) is 10.5 Å². The predicted octanol–water partition coefficient (Wildman–Crippen LogP) is 4.51. The zero-order valence-corrected chi connectivity index (χ0v) is 17.0. The number of allylic oxidation sites excluding steroid dienone is 1. The summed E-state index contributed by atoms with van der Waals surface area (Å²) in [6.45, 7) is 0. The van der Waals surface area contributed by atoms with Gasteiger partial charge in [-0.15, -0.1) is 23.4 Å². The highest BCUT2D eigenvalue weighted by Gasteiger charge is 2.50. The molecular formula is C21H21ClN4OS. The number of amidine groups is 1. The fourth-order valence-corrected chi connectivity index (χ4v) is 5.14. The average Bonchev–Trinajstić information content (AvgIpc) is 2.73. The Hall–Kier alpha value is -2.28. The van der Waals surface area contributed by atoms with Crippen molar-refractivity contribution in [2.45, 2.75) is 37.9 Å². The Morgan fingerprint density at radius 3 is 2.57 bits per heavy atom. The highest BCUT2D eigenvalue weighted by atomic mass is 35.5. The Bertz CT molecular complexity index is 876. The lowest BCUT2D eigenvalue weighted by atomic mass is 9.61. The molecule has 2 aliphatic rings. The molecule has 1 spiro atoms. The third kappa shape index (κ3) is 4.09. The second-order valence-corrected chi connectivity index (χ2v) is 8.26. The quantitative estimate of drug-likeness (QED) is 0.736. The monoisotopic (exact) mass is 412 g/mol. The number of carbonyl (C=O) groups excluding carboxylic acids is 1. The van der Waals surface area contributed by atoms with Crippen LogP contribution in [0.3, 0.4) is 0 Å². The number of thioether (sulfide) groups is 1. The summed E-state index contributed by atoms with van der Waals surface area (Å²) in [6, 6.07) is 14.6. The second kappa shape index (κ2) is 9.28. The van der Waals surface area contributed by atoms with Crippen molar-refractivity contribution in [1.29, 1.82) is 10.5 Å². The molecule has 0 radical (unpaired) electrons. The highest BCUT2D eigenvalue weighted by Crippen LogP contribution is 2.53. The molecule has 1 unspecified atom stereocenters. The number of carbonyl (C=O) groups is 1. The lowest BCUT2D eigenvalue weighted by molar-refractivity contribution is -0.117. The molecule has 1 N–H and O–H groups in total. The Labute approximate surface area is 174 Å². The van der Waals surface area contributed by atoms with Crippen LogP contribution < -0.4 is 5.32 Å². The molecule has 144 valence electrons. The maximum atomic E-state index is 11.9. The van der Waals surface area contributed by atoms with Gasteiger partial charge < -0.3 is 5.32 Å². The Morgan fingerprint density at radius 2 is 1.96 bits per heavy atom. The van der Waals surface area contributed by atoms with Gasteiger partial charge in [0.2, 0.25) is 5.91 Å². The van der Waals surface area contributed by atoms with Gasteiger partial charge in [0.15, 0.2) is 0 Å². The van der Waals surface area contributed by atoms with Crippen LogP contribution in [0.25, 0.3) is 0 Å². The summed E-state index contributed by atoms with van der Waals surface area (Å²) in [4.78, 5) is 16.5. The molecule has 1 aliphatic heterocycles. The van der Waals surface area contributed by atoms with Crippen LogP contribution in [0, 0.1) is 34.0 Å². The fraction of sp³-hybridized carbons (Fsp3) is 0.429. The van der Waals surface area contributed by atoms with Gasteiger partial charge in [-0.3, -0.25) is 4.79 Å². The molecule has 1 aromatic carbocycles. The van der Waals surface area contributed by atoms with Crippen LogP contribution in [0.15, 0.2) is 45.9 Å². The summed E-state index contributed by atoms with van der Waals surface area (Å²) in [6.07, 6.45) is 4.50. The van der Waals surface area contributed by atoms with E-state index in [9.17, 15) is 15.3 Å². The molecule has 0 saturated heterocycles. The van der Waals surface area contributed by atoms with E-state index >= 15 is 0 Å². The van der Waals surface area contributed by atoms with E-state index in [0.29, 0.717) is 22.2 Å². The predicted molar refractivity (Wildman–Crippen MR) is 111 cm³/mol. The van der Waals surface area contributed by atoms with Gasteiger partial charge >= 0.3 is 0 Å². The number of halogens is 1. The number of nitrogens with one attached hydrogen (secondary N) is 1. The topological polar surface area (TPSA) is 89.0 Å². The summed E-state index contributed by atoms with van der Waals surface area (Å²) < 4.78 is 0. The molecule has 1 fully saturated rings. The highest BCUT2D eigenvalue weighted by molar-refractivity contribution is 8.02. The normalized spacial score (nSPS) is 20.8. The molecule has 1 amide bonds. The average molecular weight is 413 g/mol. The van der Waals surface area contributed by atoms with Gasteiger partial charge in [-0.05, 0) is 18.4 Å². The van der Waals surface area contributed by atoms with E-state index in [4.69, 9.17) is 11.6 Å². The summed E-state index contributed by atoms with van der Waals surface area (Å²) >= 11 is 7.13. The zero-order chi connectivity index (χ0) is 20.0. The van der Waals surface area contributed by atoms with Crippen LogP contribution in [0.2, 0.25) is 0 Å². The van der Waals surface area contributed by atoms with Crippen LogP contribution in [-0.2, 0) is 10.5 Å². The van der Waals surface area contributed by atoms with E-state index in [2.05, 4.69) is 22.4 Å². The van der Waals surface area contributed by atoms with E-state index in [-0.39, 0.29) is 11.8 Å². The number of alkyl halides is 1. The van der Waals surface area contributed by atoms with Crippen molar-refractivity contribution >= 4 is 35.1 Å². The number of benzene rings is 1. The van der Waals surface area contributed by atoms with Crippen molar-refractivity contribution < 1.29 is 4.79 Å². The van der Waals surface area contributed by atoms with Gasteiger partial charge in [0.25, 0.3) is 0 Å². The third-order valence-corrected chi connectivity index (χ3v) is 6.64. The van der Waals surface area contributed by atoms with Gasteiger partial charge in [0, 0.05) is 11.2 Å². The van der Waals surface area contributed by atoms with Crippen LogP contribution in [0.5, 0.6) is 0 Å². The SMILES string of the molecule is N#CC1=C(SCc2ccccc2)N=C(NC(=O)CCl)C(C#N)C12CCCCC2. The fourth-order valence-electron chi connectivity index (χ4n) is 4.02. The van der Waals surface area contributed by atoms with Crippen molar-refractivity contribution in [2.24, 2.45) is 16.3 Å². The molecule has 0 bridgehead atoms. The zero-order valence-electron chi connectivity index (χ0n) is 15.4. The molecule has 1 aliphatic carbocycles. The first-order valence-electron chi connectivity index (χ1n) is 9.30. The minimum absolute atomic E-state index is 0.203. The number of rotatable bonds is 4. The Kier molecular flexibility index (Phi) is 6.78. The smallest absolute Gasteiger partial charge is 0.240 e.